The van der Waals surface area contributed by atoms with Crippen LogP contribution in [0, 0.1) is 0 Å². The number of rotatable bonds is 17. The molecule has 0 aliphatic rings. The molecule has 11 nitrogen and oxygen atoms in total. The first kappa shape index (κ1) is 34.1. The number of alkyl halides is 2. The summed E-state index contributed by atoms with van der Waals surface area (Å²) < 4.78 is 53.0. The minimum atomic E-state index is -5.50. The molecule has 2 heterocycles. The number of hydrogen-bond acceptors (Lipinski definition) is 8. The lowest BCUT2D eigenvalue weighted by atomic mass is 9.93. The van der Waals surface area contributed by atoms with Crippen molar-refractivity contribution in [3.63, 3.8) is 0 Å². The van der Waals surface area contributed by atoms with Gasteiger partial charge in [0.15, 0.2) is 5.82 Å². The maximum Gasteiger partial charge on any atom is 0.394 e. The number of ether oxygens (including phenoxy) is 3. The number of nitrogens with two attached hydrogens (primary N) is 1. The van der Waals surface area contributed by atoms with Gasteiger partial charge in [-0.25, -0.2) is 4.98 Å². The van der Waals surface area contributed by atoms with Crippen LogP contribution >= 0.6 is 7.60 Å². The van der Waals surface area contributed by atoms with Crippen molar-refractivity contribution in [1.29, 1.82) is 0 Å². The fraction of sp³-hybridized carbons (Fsp3) is 0.387. The second kappa shape index (κ2) is 15.0. The van der Waals surface area contributed by atoms with Crippen LogP contribution in [0.2, 0.25) is 0 Å². The molecule has 0 aliphatic carbocycles. The first-order valence-electron chi connectivity index (χ1n) is 14.3. The van der Waals surface area contributed by atoms with E-state index in [2.05, 4.69) is 23.0 Å². The van der Waals surface area contributed by atoms with Gasteiger partial charge in [0.25, 0.3) is 0 Å². The summed E-state index contributed by atoms with van der Waals surface area (Å²) in [6.45, 7) is 2.26. The Hall–Kier alpha value is -3.74. The smallest absolute Gasteiger partial charge is 0.394 e. The van der Waals surface area contributed by atoms with Crippen molar-refractivity contribution in [3.05, 3.63) is 71.4 Å². The molecule has 0 fully saturated rings. The zero-order valence-corrected chi connectivity index (χ0v) is 25.6. The van der Waals surface area contributed by atoms with E-state index in [1.807, 2.05) is 48.7 Å². The van der Waals surface area contributed by atoms with Crippen molar-refractivity contribution in [2.45, 2.75) is 44.2 Å². The fourth-order valence-electron chi connectivity index (χ4n) is 4.72. The van der Waals surface area contributed by atoms with Crippen LogP contribution < -0.4 is 10.5 Å². The van der Waals surface area contributed by atoms with E-state index in [-0.39, 0.29) is 38.8 Å². The van der Waals surface area contributed by atoms with Crippen molar-refractivity contribution < 1.29 is 47.2 Å². The van der Waals surface area contributed by atoms with Gasteiger partial charge in [-0.2, -0.15) is 8.78 Å². The van der Waals surface area contributed by atoms with Crippen LogP contribution in [-0.4, -0.2) is 69.5 Å². The maximum atomic E-state index is 13.2. The summed E-state index contributed by atoms with van der Waals surface area (Å²) in [5.41, 5.74) is 6.47. The number of carboxylic acids is 1. The Balaban J connectivity index is 1.25. The van der Waals surface area contributed by atoms with E-state index in [0.717, 1.165) is 33.9 Å². The average Bonchev–Trinajstić information content (AvgIpc) is 2.99. The molecule has 0 bridgehead atoms. The van der Waals surface area contributed by atoms with Gasteiger partial charge in [-0.3, -0.25) is 14.3 Å². The highest BCUT2D eigenvalue weighted by Gasteiger charge is 2.48. The van der Waals surface area contributed by atoms with Crippen molar-refractivity contribution in [1.82, 2.24) is 9.97 Å². The lowest BCUT2D eigenvalue weighted by Gasteiger charge is -2.17. The first-order chi connectivity index (χ1) is 21.3. The van der Waals surface area contributed by atoms with Crippen LogP contribution in [0.3, 0.4) is 0 Å². The first-order valence-corrected chi connectivity index (χ1v) is 16.0. The molecule has 0 radical (unpaired) electrons. The molecule has 0 saturated heterocycles. The molecular weight excluding hydrogens is 611 g/mol. The minimum Gasteiger partial charge on any atom is -0.491 e. The summed E-state index contributed by atoms with van der Waals surface area (Å²) in [4.78, 5) is 37.2. The van der Waals surface area contributed by atoms with Gasteiger partial charge in [0.2, 0.25) is 0 Å². The molecule has 1 atom stereocenters. The third-order valence-electron chi connectivity index (χ3n) is 7.25. The molecule has 2 aromatic heterocycles. The van der Waals surface area contributed by atoms with Crippen LogP contribution in [0.25, 0.3) is 21.8 Å². The monoisotopic (exact) mass is 647 g/mol. The number of benzene rings is 2. The van der Waals surface area contributed by atoms with Gasteiger partial charge in [-0.05, 0) is 59.7 Å². The second-order valence-electron chi connectivity index (χ2n) is 10.7. The number of nitrogen functional groups attached to an aromatic ring is 1. The number of aromatic nitrogens is 2. The van der Waals surface area contributed by atoms with E-state index in [4.69, 9.17) is 34.8 Å². The number of carbonyl (C=O) groups is 1. The van der Waals surface area contributed by atoms with E-state index in [1.54, 1.807) is 0 Å². The molecule has 2 aromatic carbocycles. The number of pyridine rings is 2. The Labute approximate surface area is 258 Å². The van der Waals surface area contributed by atoms with E-state index in [0.29, 0.717) is 29.0 Å². The van der Waals surface area contributed by atoms with Crippen molar-refractivity contribution in [2.75, 3.05) is 38.8 Å². The summed E-state index contributed by atoms with van der Waals surface area (Å²) in [6.07, 6.45) is 1.96. The van der Waals surface area contributed by atoms with Crippen molar-refractivity contribution in [3.8, 4) is 5.75 Å². The van der Waals surface area contributed by atoms with Gasteiger partial charge >= 0.3 is 19.2 Å². The lowest BCUT2D eigenvalue weighted by molar-refractivity contribution is -0.136. The molecule has 14 heteroatoms. The van der Waals surface area contributed by atoms with Gasteiger partial charge in [0, 0.05) is 29.8 Å². The Morgan fingerprint density at radius 2 is 1.64 bits per heavy atom. The Morgan fingerprint density at radius 1 is 0.978 bits per heavy atom. The fourth-order valence-corrected chi connectivity index (χ4v) is 5.10. The number of aliphatic carboxylic acids is 1. The Morgan fingerprint density at radius 3 is 2.33 bits per heavy atom. The number of anilines is 1. The second-order valence-corrected chi connectivity index (χ2v) is 12.4. The average molecular weight is 648 g/mol. The highest BCUT2D eigenvalue weighted by molar-refractivity contribution is 7.53. The lowest BCUT2D eigenvalue weighted by Crippen LogP contribution is -2.20. The molecule has 1 unspecified atom stereocenters. The van der Waals surface area contributed by atoms with Crippen LogP contribution in [0.4, 0.5) is 14.6 Å². The van der Waals surface area contributed by atoms with E-state index >= 15 is 0 Å². The van der Waals surface area contributed by atoms with E-state index in [9.17, 15) is 18.1 Å². The molecule has 4 rings (SSSR count). The van der Waals surface area contributed by atoms with Gasteiger partial charge in [-0.1, -0.05) is 31.2 Å². The number of fused-ring (bicyclic) bond motifs is 3. The van der Waals surface area contributed by atoms with Crippen LogP contribution in [0.1, 0.15) is 42.4 Å². The van der Waals surface area contributed by atoms with Crippen LogP contribution in [-0.2, 0) is 31.7 Å². The van der Waals surface area contributed by atoms with Crippen LogP contribution in [0.15, 0.2) is 54.7 Å². The largest absolute Gasteiger partial charge is 0.491 e. The predicted octanol–water partition coefficient (Wildman–Crippen LogP) is 5.30. The number of carboxylic acid groups (broad SMARTS) is 1. The summed E-state index contributed by atoms with van der Waals surface area (Å²) in [5.74, 6) is 0.279. The summed E-state index contributed by atoms with van der Waals surface area (Å²) in [7, 11) is -5.50. The normalized spacial score (nSPS) is 12.9. The number of halogens is 2. The Kier molecular flexibility index (Phi) is 11.4. The molecule has 0 aliphatic heterocycles. The summed E-state index contributed by atoms with van der Waals surface area (Å²) in [6, 6.07) is 15.5. The molecule has 0 saturated carbocycles. The van der Waals surface area contributed by atoms with Crippen molar-refractivity contribution >= 4 is 41.2 Å². The third kappa shape index (κ3) is 9.38. The minimum absolute atomic E-state index is 0.00682. The van der Waals surface area contributed by atoms with Crippen LogP contribution in [0.5, 0.6) is 5.75 Å². The van der Waals surface area contributed by atoms with Gasteiger partial charge < -0.3 is 34.8 Å². The maximum absolute atomic E-state index is 13.2. The number of aryl methyl sites for hydroxylation is 1. The predicted molar refractivity (Wildman–Crippen MR) is 165 cm³/mol. The third-order valence-corrected chi connectivity index (χ3v) is 8.32. The van der Waals surface area contributed by atoms with E-state index in [1.165, 1.54) is 0 Å². The molecule has 0 spiro atoms. The quantitative estimate of drug-likeness (QED) is 0.0665. The molecule has 0 amide bonds. The van der Waals surface area contributed by atoms with Gasteiger partial charge in [-0.15, -0.1) is 0 Å². The van der Waals surface area contributed by atoms with Gasteiger partial charge in [0.05, 0.1) is 31.9 Å². The highest BCUT2D eigenvalue weighted by atomic mass is 31.2. The van der Waals surface area contributed by atoms with Gasteiger partial charge in [0.1, 0.15) is 17.9 Å². The zero-order valence-electron chi connectivity index (χ0n) is 24.7. The molecule has 45 heavy (non-hydrogen) atoms. The standard InChI is InChI=1S/C31H36F2N3O8P/c1-20(23-18-26-25-8-4-22(5-9-28(37)38)17-27(25)36-30(34)29(26)35-19-23)16-21-2-6-24(7-3-21)44-15-14-43-13-12-42-11-10-31(32,33)45(39,40)41/h2-4,6-8,17-20H,5,9-16H2,1H3,(H2,34,36)(H,37,38)(H2,39,40,41). The summed E-state index contributed by atoms with van der Waals surface area (Å²) >= 11 is 0. The topological polar surface area (TPSA) is 174 Å². The number of nitrogens with zero attached hydrogens (tertiary/aromatic N) is 2. The molecule has 5 N–H and O–H groups in total. The molecule has 4 aromatic rings. The zero-order chi connectivity index (χ0) is 32.6. The van der Waals surface area contributed by atoms with Crippen molar-refractivity contribution in [2.24, 2.45) is 0 Å². The SMILES string of the molecule is CC(Cc1ccc(OCCOCCOCCC(F)(F)P(=O)(O)O)cc1)c1cnc2c(N)nc3cc(CCC(=O)O)ccc3c2c1. The molecule has 242 valence electrons. The summed E-state index contributed by atoms with van der Waals surface area (Å²) in [5, 5.41) is 10.8. The number of hydrogen-bond donors (Lipinski definition) is 4. The highest BCUT2D eigenvalue weighted by Crippen LogP contribution is 2.54. The van der Waals surface area contributed by atoms with E-state index < -0.39 is 32.3 Å². The molecular formula is C31H36F2N3O8P. The Bertz CT molecular complexity index is 1670.